The first-order chi connectivity index (χ1) is 6.09. The highest BCUT2D eigenvalue weighted by molar-refractivity contribution is 5.87. The highest BCUT2D eigenvalue weighted by Crippen LogP contribution is 2.14. The summed E-state index contributed by atoms with van der Waals surface area (Å²) in [6, 6.07) is 5.76. The molecule has 0 bridgehead atoms. The van der Waals surface area contributed by atoms with Crippen LogP contribution in [0.25, 0.3) is 0 Å². The molecule has 1 N–H and O–H groups in total. The molecule has 0 aliphatic rings. The predicted molar refractivity (Wildman–Crippen MR) is 38.9 cm³/mol. The lowest BCUT2D eigenvalue weighted by molar-refractivity contribution is -0.0500. The van der Waals surface area contributed by atoms with Gasteiger partial charge in [-0.2, -0.15) is 8.78 Å². The number of halogens is 2. The van der Waals surface area contributed by atoms with Crippen LogP contribution in [0.3, 0.4) is 0 Å². The lowest BCUT2D eigenvalue weighted by atomic mass is 10.2. The third-order valence-electron chi connectivity index (χ3n) is 1.24. The van der Waals surface area contributed by atoms with Gasteiger partial charge in [-0.1, -0.05) is 0 Å². The minimum absolute atomic E-state index is 0.116. The molecule has 0 aliphatic heterocycles. The van der Waals surface area contributed by atoms with Gasteiger partial charge in [0.1, 0.15) is 5.75 Å². The van der Waals surface area contributed by atoms with Crippen LogP contribution in [0, 0.1) is 6.07 Å². The summed E-state index contributed by atoms with van der Waals surface area (Å²) in [4.78, 5) is 10.4. The van der Waals surface area contributed by atoms with Crippen molar-refractivity contribution in [3.8, 4) is 5.75 Å². The molecular formula is C8H5F2O3. The smallest absolute Gasteiger partial charge is 0.387 e. The second-order valence-corrected chi connectivity index (χ2v) is 2.13. The summed E-state index contributed by atoms with van der Waals surface area (Å²) in [5.41, 5.74) is -0.116. The van der Waals surface area contributed by atoms with E-state index >= 15 is 0 Å². The van der Waals surface area contributed by atoms with E-state index in [2.05, 4.69) is 10.8 Å². The van der Waals surface area contributed by atoms with E-state index in [0.717, 1.165) is 6.07 Å². The highest BCUT2D eigenvalue weighted by atomic mass is 19.3. The molecule has 0 aromatic heterocycles. The Kier molecular flexibility index (Phi) is 2.79. The highest BCUT2D eigenvalue weighted by Gasteiger charge is 2.07. The summed E-state index contributed by atoms with van der Waals surface area (Å²) in [5.74, 6) is -1.48. The first-order valence-electron chi connectivity index (χ1n) is 3.29. The number of carboxylic acid groups (broad SMARTS) is 1. The minimum Gasteiger partial charge on any atom is -0.478 e. The van der Waals surface area contributed by atoms with Crippen LogP contribution < -0.4 is 4.74 Å². The molecule has 0 atom stereocenters. The second-order valence-electron chi connectivity index (χ2n) is 2.13. The first kappa shape index (κ1) is 9.44. The van der Waals surface area contributed by atoms with Crippen molar-refractivity contribution >= 4 is 5.97 Å². The maximum absolute atomic E-state index is 11.7. The van der Waals surface area contributed by atoms with Gasteiger partial charge in [0.15, 0.2) is 0 Å². The third kappa shape index (κ3) is 2.70. The van der Waals surface area contributed by atoms with Gasteiger partial charge in [0.05, 0.1) is 5.56 Å². The summed E-state index contributed by atoms with van der Waals surface area (Å²) in [7, 11) is 0. The number of alkyl halides is 2. The Morgan fingerprint density at radius 2 is 2.31 bits per heavy atom. The molecule has 1 aromatic rings. The number of carboxylic acids is 1. The average Bonchev–Trinajstić information content (AvgIpc) is 2.03. The Hall–Kier alpha value is -1.65. The van der Waals surface area contributed by atoms with Gasteiger partial charge in [-0.05, 0) is 18.2 Å². The summed E-state index contributed by atoms with van der Waals surface area (Å²) in [6.07, 6.45) is 0. The predicted octanol–water partition coefficient (Wildman–Crippen LogP) is 1.79. The number of ether oxygens (including phenoxy) is 1. The maximum atomic E-state index is 11.7. The SMILES string of the molecule is O=C(O)c1cc[c]c(OC(F)F)c1. The van der Waals surface area contributed by atoms with Gasteiger partial charge in [0.25, 0.3) is 0 Å². The molecule has 1 radical (unpaired) electrons. The standard InChI is InChI=1S/C8H5F2O3/c9-8(10)13-6-3-1-2-5(4-6)7(11)12/h1-2,4,8H,(H,11,12). The number of rotatable bonds is 3. The summed E-state index contributed by atoms with van der Waals surface area (Å²) >= 11 is 0. The molecule has 0 fully saturated rings. The lowest BCUT2D eigenvalue weighted by Gasteiger charge is -2.03. The van der Waals surface area contributed by atoms with E-state index in [1.165, 1.54) is 12.1 Å². The van der Waals surface area contributed by atoms with Crippen molar-refractivity contribution < 1.29 is 23.4 Å². The fraction of sp³-hybridized carbons (Fsp3) is 0.125. The third-order valence-corrected chi connectivity index (χ3v) is 1.24. The van der Waals surface area contributed by atoms with Crippen LogP contribution in [-0.2, 0) is 0 Å². The van der Waals surface area contributed by atoms with Crippen LogP contribution in [-0.4, -0.2) is 17.7 Å². The molecule has 5 heteroatoms. The average molecular weight is 187 g/mol. The van der Waals surface area contributed by atoms with Crippen LogP contribution >= 0.6 is 0 Å². The largest absolute Gasteiger partial charge is 0.478 e. The number of hydrogen-bond acceptors (Lipinski definition) is 2. The van der Waals surface area contributed by atoms with Crippen molar-refractivity contribution in [2.75, 3.05) is 0 Å². The molecule has 0 saturated heterocycles. The van der Waals surface area contributed by atoms with Crippen LogP contribution in [0.5, 0.6) is 5.75 Å². The Labute approximate surface area is 72.6 Å². The molecule has 3 nitrogen and oxygen atoms in total. The molecular weight excluding hydrogens is 182 g/mol. The molecule has 0 aliphatic carbocycles. The number of benzene rings is 1. The fourth-order valence-electron chi connectivity index (χ4n) is 0.742. The van der Waals surface area contributed by atoms with Crippen molar-refractivity contribution in [1.82, 2.24) is 0 Å². The maximum Gasteiger partial charge on any atom is 0.387 e. The summed E-state index contributed by atoms with van der Waals surface area (Å²) in [6.45, 7) is -2.97. The van der Waals surface area contributed by atoms with E-state index in [9.17, 15) is 13.6 Å². The molecule has 1 aromatic carbocycles. The van der Waals surface area contributed by atoms with Crippen molar-refractivity contribution in [2.45, 2.75) is 6.61 Å². The van der Waals surface area contributed by atoms with Gasteiger partial charge < -0.3 is 9.84 Å². The second kappa shape index (κ2) is 3.84. The molecule has 0 amide bonds. The monoisotopic (exact) mass is 187 g/mol. The number of carbonyl (C=O) groups is 1. The van der Waals surface area contributed by atoms with Gasteiger partial charge in [0.2, 0.25) is 0 Å². The van der Waals surface area contributed by atoms with E-state index in [1.807, 2.05) is 0 Å². The van der Waals surface area contributed by atoms with Crippen LogP contribution in [0.2, 0.25) is 0 Å². The van der Waals surface area contributed by atoms with Crippen LogP contribution in [0.15, 0.2) is 18.2 Å². The van der Waals surface area contributed by atoms with Crippen LogP contribution in [0.1, 0.15) is 10.4 Å². The van der Waals surface area contributed by atoms with E-state index in [-0.39, 0.29) is 11.3 Å². The Balaban J connectivity index is 2.85. The Morgan fingerprint density at radius 1 is 1.62 bits per heavy atom. The topological polar surface area (TPSA) is 46.5 Å². The van der Waals surface area contributed by atoms with Crippen LogP contribution in [0.4, 0.5) is 8.78 Å². The van der Waals surface area contributed by atoms with Gasteiger partial charge in [-0.3, -0.25) is 0 Å². The fourth-order valence-corrected chi connectivity index (χ4v) is 0.742. The zero-order valence-corrected chi connectivity index (χ0v) is 6.33. The molecule has 1 rings (SSSR count). The lowest BCUT2D eigenvalue weighted by Crippen LogP contribution is -2.03. The molecule has 69 valence electrons. The van der Waals surface area contributed by atoms with Gasteiger partial charge in [0, 0.05) is 6.07 Å². The van der Waals surface area contributed by atoms with Gasteiger partial charge in [-0.15, -0.1) is 0 Å². The molecule has 0 heterocycles. The van der Waals surface area contributed by atoms with Gasteiger partial charge >= 0.3 is 12.6 Å². The summed E-state index contributed by atoms with van der Waals surface area (Å²) < 4.78 is 27.3. The van der Waals surface area contributed by atoms with E-state index in [0.29, 0.717) is 0 Å². The Morgan fingerprint density at radius 3 is 2.85 bits per heavy atom. The zero-order chi connectivity index (χ0) is 9.84. The Bertz CT molecular complexity index is 312. The van der Waals surface area contributed by atoms with Crippen molar-refractivity contribution in [3.63, 3.8) is 0 Å². The first-order valence-corrected chi connectivity index (χ1v) is 3.29. The normalized spacial score (nSPS) is 10.1. The van der Waals surface area contributed by atoms with Gasteiger partial charge in [-0.25, -0.2) is 4.79 Å². The van der Waals surface area contributed by atoms with E-state index < -0.39 is 12.6 Å². The molecule has 0 unspecified atom stereocenters. The zero-order valence-electron chi connectivity index (χ0n) is 6.33. The van der Waals surface area contributed by atoms with Crippen molar-refractivity contribution in [3.05, 3.63) is 29.8 Å². The van der Waals surface area contributed by atoms with E-state index in [1.54, 1.807) is 0 Å². The molecule has 13 heavy (non-hydrogen) atoms. The van der Waals surface area contributed by atoms with Crippen molar-refractivity contribution in [1.29, 1.82) is 0 Å². The minimum atomic E-state index is -2.97. The van der Waals surface area contributed by atoms with E-state index in [4.69, 9.17) is 5.11 Å². The number of hydrogen-bond donors (Lipinski definition) is 1. The quantitative estimate of drug-likeness (QED) is 0.784. The van der Waals surface area contributed by atoms with Crippen molar-refractivity contribution in [2.24, 2.45) is 0 Å². The molecule has 0 spiro atoms. The number of aromatic carboxylic acids is 1. The molecule has 0 saturated carbocycles. The summed E-state index contributed by atoms with van der Waals surface area (Å²) in [5, 5.41) is 8.49.